The molecule has 2 atom stereocenters. The van der Waals surface area contributed by atoms with Crippen molar-refractivity contribution in [2.75, 3.05) is 13.1 Å². The van der Waals surface area contributed by atoms with Crippen molar-refractivity contribution >= 4 is 11.9 Å². The zero-order valence-corrected chi connectivity index (χ0v) is 14.0. The molecule has 1 fully saturated rings. The molecular formula is C16H30N2O3. The van der Waals surface area contributed by atoms with E-state index in [1.54, 1.807) is 0 Å². The van der Waals surface area contributed by atoms with Crippen molar-refractivity contribution in [2.24, 2.45) is 5.92 Å². The van der Waals surface area contributed by atoms with Crippen molar-refractivity contribution in [2.45, 2.75) is 72.0 Å². The summed E-state index contributed by atoms with van der Waals surface area (Å²) in [6, 6.07) is -0.253. The monoisotopic (exact) mass is 298 g/mol. The Bertz CT molecular complexity index is 361. The highest BCUT2D eigenvalue weighted by Crippen LogP contribution is 2.25. The van der Waals surface area contributed by atoms with Gasteiger partial charge in [0.1, 0.15) is 6.04 Å². The van der Waals surface area contributed by atoms with Crippen LogP contribution >= 0.6 is 0 Å². The summed E-state index contributed by atoms with van der Waals surface area (Å²) in [5.41, 5.74) is 0. The van der Waals surface area contributed by atoms with Crippen LogP contribution in [0.1, 0.15) is 53.9 Å². The molecule has 0 aromatic heterocycles. The summed E-state index contributed by atoms with van der Waals surface area (Å²) in [5, 5.41) is 9.43. The van der Waals surface area contributed by atoms with Gasteiger partial charge in [-0.15, -0.1) is 0 Å². The first-order chi connectivity index (χ1) is 9.77. The van der Waals surface area contributed by atoms with Crippen LogP contribution in [0.3, 0.4) is 0 Å². The summed E-state index contributed by atoms with van der Waals surface area (Å²) in [6.45, 7) is 11.0. The molecule has 1 N–H and O–H groups in total. The van der Waals surface area contributed by atoms with Gasteiger partial charge in [0.05, 0.1) is 6.54 Å². The minimum atomic E-state index is -0.804. The lowest BCUT2D eigenvalue weighted by atomic mass is 9.89. The molecule has 1 aliphatic rings. The van der Waals surface area contributed by atoms with E-state index in [0.717, 1.165) is 12.8 Å². The van der Waals surface area contributed by atoms with Crippen LogP contribution in [-0.4, -0.2) is 58.0 Å². The average Bonchev–Trinajstić information content (AvgIpc) is 2.37. The summed E-state index contributed by atoms with van der Waals surface area (Å²) < 4.78 is 0. The Morgan fingerprint density at radius 2 is 1.81 bits per heavy atom. The van der Waals surface area contributed by atoms with E-state index in [1.165, 1.54) is 0 Å². The highest BCUT2D eigenvalue weighted by molar-refractivity contribution is 5.80. The van der Waals surface area contributed by atoms with Gasteiger partial charge in [0.15, 0.2) is 0 Å². The number of rotatable bonds is 6. The number of aliphatic carboxylic acids is 1. The summed E-state index contributed by atoms with van der Waals surface area (Å²) in [5.74, 6) is -0.313. The molecular weight excluding hydrogens is 268 g/mol. The molecule has 0 radical (unpaired) electrons. The van der Waals surface area contributed by atoms with Crippen LogP contribution in [0.2, 0.25) is 0 Å². The SMILES string of the molecule is CCC1CCN(CC(=O)N(C(C)C)C(C)C)C(C(=O)O)C1. The van der Waals surface area contributed by atoms with E-state index in [1.807, 2.05) is 37.5 Å². The van der Waals surface area contributed by atoms with Gasteiger partial charge < -0.3 is 10.0 Å². The predicted octanol–water partition coefficient (Wildman–Crippen LogP) is 2.21. The van der Waals surface area contributed by atoms with Gasteiger partial charge in [-0.1, -0.05) is 13.3 Å². The van der Waals surface area contributed by atoms with Crippen molar-refractivity contribution in [1.29, 1.82) is 0 Å². The molecule has 21 heavy (non-hydrogen) atoms. The molecule has 1 rings (SSSR count). The Morgan fingerprint density at radius 3 is 2.24 bits per heavy atom. The van der Waals surface area contributed by atoms with Crippen molar-refractivity contribution in [1.82, 2.24) is 9.80 Å². The van der Waals surface area contributed by atoms with Crippen LogP contribution in [0.25, 0.3) is 0 Å². The number of amides is 1. The van der Waals surface area contributed by atoms with Crippen LogP contribution in [0.4, 0.5) is 0 Å². The molecule has 1 saturated heterocycles. The van der Waals surface area contributed by atoms with E-state index >= 15 is 0 Å². The normalized spacial score (nSPS) is 23.6. The number of carbonyl (C=O) groups is 2. The van der Waals surface area contributed by atoms with Crippen LogP contribution < -0.4 is 0 Å². The molecule has 122 valence electrons. The van der Waals surface area contributed by atoms with Gasteiger partial charge in [0.2, 0.25) is 5.91 Å². The third-order valence-corrected chi connectivity index (χ3v) is 4.42. The highest BCUT2D eigenvalue weighted by Gasteiger charge is 2.35. The van der Waals surface area contributed by atoms with Crippen LogP contribution in [0.5, 0.6) is 0 Å². The van der Waals surface area contributed by atoms with Crippen LogP contribution in [-0.2, 0) is 9.59 Å². The fraction of sp³-hybridized carbons (Fsp3) is 0.875. The molecule has 0 aliphatic carbocycles. The quantitative estimate of drug-likeness (QED) is 0.816. The summed E-state index contributed by atoms with van der Waals surface area (Å²) in [6.07, 6.45) is 2.65. The molecule has 0 aromatic rings. The Kier molecular flexibility index (Phi) is 6.65. The third kappa shape index (κ3) is 4.70. The van der Waals surface area contributed by atoms with Gasteiger partial charge in [0, 0.05) is 12.1 Å². The molecule has 2 unspecified atom stereocenters. The second-order valence-electron chi connectivity index (χ2n) is 6.61. The van der Waals surface area contributed by atoms with Crippen molar-refractivity contribution in [3.05, 3.63) is 0 Å². The van der Waals surface area contributed by atoms with Gasteiger partial charge in [-0.3, -0.25) is 14.5 Å². The molecule has 0 spiro atoms. The maximum absolute atomic E-state index is 12.5. The molecule has 0 aromatic carbocycles. The smallest absolute Gasteiger partial charge is 0.320 e. The average molecular weight is 298 g/mol. The van der Waals surface area contributed by atoms with Crippen LogP contribution in [0.15, 0.2) is 0 Å². The van der Waals surface area contributed by atoms with E-state index in [-0.39, 0.29) is 24.5 Å². The minimum Gasteiger partial charge on any atom is -0.480 e. The zero-order valence-electron chi connectivity index (χ0n) is 14.0. The van der Waals surface area contributed by atoms with E-state index in [9.17, 15) is 14.7 Å². The van der Waals surface area contributed by atoms with Gasteiger partial charge >= 0.3 is 5.97 Å². The number of carbonyl (C=O) groups excluding carboxylic acids is 1. The van der Waals surface area contributed by atoms with Gasteiger partial charge in [-0.25, -0.2) is 0 Å². The lowest BCUT2D eigenvalue weighted by Crippen LogP contribution is -2.53. The number of hydrogen-bond donors (Lipinski definition) is 1. The second kappa shape index (κ2) is 7.78. The molecule has 0 bridgehead atoms. The molecule has 5 heteroatoms. The van der Waals surface area contributed by atoms with E-state index in [4.69, 9.17) is 0 Å². The number of nitrogens with zero attached hydrogens (tertiary/aromatic N) is 2. The summed E-state index contributed by atoms with van der Waals surface area (Å²) in [4.78, 5) is 27.7. The Balaban J connectivity index is 2.75. The molecule has 1 heterocycles. The molecule has 1 amide bonds. The maximum Gasteiger partial charge on any atom is 0.320 e. The number of likely N-dealkylation sites (tertiary alicyclic amines) is 1. The van der Waals surface area contributed by atoms with Crippen molar-refractivity contribution in [3.8, 4) is 0 Å². The fourth-order valence-corrected chi connectivity index (χ4v) is 3.33. The number of carboxylic acid groups (broad SMARTS) is 1. The molecule has 5 nitrogen and oxygen atoms in total. The number of carboxylic acids is 1. The van der Waals surface area contributed by atoms with Gasteiger partial charge in [-0.05, 0) is 53.0 Å². The first-order valence-electron chi connectivity index (χ1n) is 8.05. The molecule has 0 saturated carbocycles. The van der Waals surface area contributed by atoms with Crippen LogP contribution in [0, 0.1) is 5.92 Å². The second-order valence-corrected chi connectivity index (χ2v) is 6.61. The zero-order chi connectivity index (χ0) is 16.2. The highest BCUT2D eigenvalue weighted by atomic mass is 16.4. The standard InChI is InChI=1S/C16H30N2O3/c1-6-13-7-8-17(14(9-13)16(20)21)10-15(19)18(11(2)3)12(4)5/h11-14H,6-10H2,1-5H3,(H,20,21). The van der Waals surface area contributed by atoms with Crippen molar-refractivity contribution in [3.63, 3.8) is 0 Å². The Hall–Kier alpha value is -1.10. The summed E-state index contributed by atoms with van der Waals surface area (Å²) >= 11 is 0. The predicted molar refractivity (Wildman–Crippen MR) is 83.1 cm³/mol. The van der Waals surface area contributed by atoms with E-state index in [0.29, 0.717) is 18.9 Å². The van der Waals surface area contributed by atoms with E-state index in [2.05, 4.69) is 6.92 Å². The fourth-order valence-electron chi connectivity index (χ4n) is 3.33. The first-order valence-corrected chi connectivity index (χ1v) is 8.05. The third-order valence-electron chi connectivity index (χ3n) is 4.42. The lowest BCUT2D eigenvalue weighted by Gasteiger charge is -2.39. The Labute approximate surface area is 128 Å². The number of hydrogen-bond acceptors (Lipinski definition) is 3. The number of piperidine rings is 1. The Morgan fingerprint density at radius 1 is 1.24 bits per heavy atom. The first kappa shape index (κ1) is 18.0. The maximum atomic E-state index is 12.5. The summed E-state index contributed by atoms with van der Waals surface area (Å²) in [7, 11) is 0. The lowest BCUT2D eigenvalue weighted by molar-refractivity contribution is -0.148. The van der Waals surface area contributed by atoms with Crippen molar-refractivity contribution < 1.29 is 14.7 Å². The molecule has 1 aliphatic heterocycles. The van der Waals surface area contributed by atoms with E-state index < -0.39 is 12.0 Å². The minimum absolute atomic E-state index is 0.0289. The topological polar surface area (TPSA) is 60.9 Å². The largest absolute Gasteiger partial charge is 0.480 e. The van der Waals surface area contributed by atoms with Gasteiger partial charge in [0.25, 0.3) is 0 Å². The van der Waals surface area contributed by atoms with Gasteiger partial charge in [-0.2, -0.15) is 0 Å².